The minimum atomic E-state index is -0.290. The van der Waals surface area contributed by atoms with Crippen LogP contribution in [0.25, 0.3) is 5.57 Å². The number of anilines is 1. The first-order valence-electron chi connectivity index (χ1n) is 13.3. The van der Waals surface area contributed by atoms with E-state index in [2.05, 4.69) is 60.8 Å². The molecule has 1 aromatic heterocycles. The van der Waals surface area contributed by atoms with Gasteiger partial charge in [-0.1, -0.05) is 18.9 Å². The van der Waals surface area contributed by atoms with Crippen molar-refractivity contribution in [3.63, 3.8) is 0 Å². The largest absolute Gasteiger partial charge is 0.382 e. The highest BCUT2D eigenvalue weighted by Gasteiger charge is 2.33. The number of nitrogens with one attached hydrogen (secondary N) is 5. The van der Waals surface area contributed by atoms with Crippen molar-refractivity contribution in [2.24, 2.45) is 0 Å². The Hall–Kier alpha value is -3.19. The number of carbonyl (C=O) groups is 1. The number of hydrogen-bond donors (Lipinski definition) is 5. The molecular formula is C30H41N5O2. The van der Waals surface area contributed by atoms with Crippen LogP contribution in [-0.2, 0) is 6.54 Å². The van der Waals surface area contributed by atoms with Gasteiger partial charge in [0.2, 0.25) is 0 Å². The molecule has 0 atom stereocenters. The normalized spacial score (nSPS) is 18.8. The second-order valence-electron chi connectivity index (χ2n) is 12.0. The van der Waals surface area contributed by atoms with Crippen molar-refractivity contribution in [1.29, 1.82) is 5.41 Å². The summed E-state index contributed by atoms with van der Waals surface area (Å²) in [5.41, 5.74) is 5.72. The van der Waals surface area contributed by atoms with Crippen LogP contribution in [0.2, 0.25) is 0 Å². The molecule has 1 fully saturated rings. The highest BCUT2D eigenvalue weighted by Crippen LogP contribution is 2.36. The molecule has 2 aliphatic rings. The van der Waals surface area contributed by atoms with Gasteiger partial charge in [0.25, 0.3) is 11.5 Å². The second kappa shape index (κ2) is 10.3. The molecule has 0 spiro atoms. The van der Waals surface area contributed by atoms with E-state index in [-0.39, 0.29) is 29.1 Å². The lowest BCUT2D eigenvalue weighted by Gasteiger charge is -2.41. The highest BCUT2D eigenvalue weighted by molar-refractivity contribution is 6.06. The van der Waals surface area contributed by atoms with E-state index in [1.54, 1.807) is 0 Å². The number of carbonyl (C=O) groups excluding carboxylic acids is 1. The maximum absolute atomic E-state index is 13.6. The Balaban J connectivity index is 1.74. The summed E-state index contributed by atoms with van der Waals surface area (Å²) >= 11 is 0. The number of rotatable bonds is 7. The SMILES string of the molecule is Cc1cc(C)c(CNC(=O)c2cc(C3=CC(C)(C)NC(C)(C)C3)cc(NC3CCCC3)c2C=N)c(=O)[nH]1. The zero-order valence-corrected chi connectivity index (χ0v) is 23.0. The molecule has 0 radical (unpaired) electrons. The predicted octanol–water partition coefficient (Wildman–Crippen LogP) is 5.21. The van der Waals surface area contributed by atoms with E-state index >= 15 is 0 Å². The maximum atomic E-state index is 13.6. The van der Waals surface area contributed by atoms with Gasteiger partial charge in [-0.2, -0.15) is 0 Å². The van der Waals surface area contributed by atoms with Crippen LogP contribution >= 0.6 is 0 Å². The summed E-state index contributed by atoms with van der Waals surface area (Å²) in [5, 5.41) is 18.5. The number of aromatic amines is 1. The summed E-state index contributed by atoms with van der Waals surface area (Å²) in [6.07, 6.45) is 8.89. The molecule has 1 amide bonds. The summed E-state index contributed by atoms with van der Waals surface area (Å²) in [5.74, 6) is -0.290. The monoisotopic (exact) mass is 503 g/mol. The van der Waals surface area contributed by atoms with Gasteiger partial charge in [-0.05, 0) is 95.7 Å². The number of pyridine rings is 1. The molecule has 4 rings (SSSR count). The first kappa shape index (κ1) is 26.9. The summed E-state index contributed by atoms with van der Waals surface area (Å²) in [6.45, 7) is 12.6. The van der Waals surface area contributed by atoms with Crippen LogP contribution < -0.4 is 21.5 Å². The van der Waals surface area contributed by atoms with Gasteiger partial charge in [0.1, 0.15) is 0 Å². The zero-order chi connectivity index (χ0) is 27.0. The van der Waals surface area contributed by atoms with Gasteiger partial charge in [0, 0.05) is 52.4 Å². The number of benzene rings is 1. The van der Waals surface area contributed by atoms with Crippen molar-refractivity contribution < 1.29 is 4.79 Å². The Morgan fingerprint density at radius 3 is 2.46 bits per heavy atom. The van der Waals surface area contributed by atoms with Gasteiger partial charge in [0.15, 0.2) is 0 Å². The standard InChI is InChI=1S/C30H41N5O2/c1-18-11-19(2)33-28(37)25(18)17-32-27(36)23-12-20(21-14-29(3,4)35-30(5,6)15-21)13-26(24(23)16-31)34-22-9-7-8-10-22/h11-14,16,22,31,34-35H,7-10,15,17H2,1-6H3,(H,32,36)(H,33,37). The van der Waals surface area contributed by atoms with E-state index in [1.807, 2.05) is 26.0 Å². The maximum Gasteiger partial charge on any atom is 0.253 e. The molecule has 7 nitrogen and oxygen atoms in total. The summed E-state index contributed by atoms with van der Waals surface area (Å²) in [4.78, 5) is 28.9. The first-order valence-corrected chi connectivity index (χ1v) is 13.3. The van der Waals surface area contributed by atoms with E-state index in [0.717, 1.165) is 41.8 Å². The Bertz CT molecular complexity index is 1300. The molecule has 1 aliphatic carbocycles. The van der Waals surface area contributed by atoms with Crippen LogP contribution in [0.1, 0.15) is 98.1 Å². The lowest BCUT2D eigenvalue weighted by atomic mass is 9.80. The Morgan fingerprint density at radius 1 is 1.14 bits per heavy atom. The molecular weight excluding hydrogens is 462 g/mol. The second-order valence-corrected chi connectivity index (χ2v) is 12.0. The van der Waals surface area contributed by atoms with Crippen molar-refractivity contribution in [3.05, 3.63) is 68.1 Å². The Labute approximate surface area is 220 Å². The molecule has 1 saturated carbocycles. The lowest BCUT2D eigenvalue weighted by Crippen LogP contribution is -2.53. The van der Waals surface area contributed by atoms with Gasteiger partial charge >= 0.3 is 0 Å². The summed E-state index contributed by atoms with van der Waals surface area (Å²) in [6, 6.07) is 6.26. The van der Waals surface area contributed by atoms with Crippen LogP contribution in [0.15, 0.2) is 29.1 Å². The van der Waals surface area contributed by atoms with Crippen LogP contribution in [0.3, 0.4) is 0 Å². The number of aryl methyl sites for hydroxylation is 2. The van der Waals surface area contributed by atoms with E-state index in [9.17, 15) is 9.59 Å². The summed E-state index contributed by atoms with van der Waals surface area (Å²) < 4.78 is 0. The zero-order valence-electron chi connectivity index (χ0n) is 23.0. The Kier molecular flexibility index (Phi) is 7.47. The van der Waals surface area contributed by atoms with Crippen molar-refractivity contribution in [2.45, 2.75) is 97.3 Å². The predicted molar refractivity (Wildman–Crippen MR) is 152 cm³/mol. The molecule has 37 heavy (non-hydrogen) atoms. The van der Waals surface area contributed by atoms with E-state index in [4.69, 9.17) is 5.41 Å². The fraction of sp³-hybridized carbons (Fsp3) is 0.500. The molecule has 2 heterocycles. The average molecular weight is 504 g/mol. The minimum Gasteiger partial charge on any atom is -0.382 e. The van der Waals surface area contributed by atoms with E-state index in [0.29, 0.717) is 22.7 Å². The number of H-pyrrole nitrogens is 1. The smallest absolute Gasteiger partial charge is 0.253 e. The van der Waals surface area contributed by atoms with Crippen molar-refractivity contribution in [2.75, 3.05) is 5.32 Å². The quantitative estimate of drug-likeness (QED) is 0.334. The third-order valence-electron chi connectivity index (χ3n) is 7.40. The number of amides is 1. The topological polar surface area (TPSA) is 110 Å². The van der Waals surface area contributed by atoms with Gasteiger partial charge in [-0.3, -0.25) is 9.59 Å². The Morgan fingerprint density at radius 2 is 1.84 bits per heavy atom. The number of hydrogen-bond acceptors (Lipinski definition) is 5. The fourth-order valence-corrected chi connectivity index (χ4v) is 6.06. The van der Waals surface area contributed by atoms with Crippen molar-refractivity contribution >= 4 is 23.4 Å². The molecule has 1 aliphatic heterocycles. The molecule has 7 heteroatoms. The third-order valence-corrected chi connectivity index (χ3v) is 7.40. The number of aromatic nitrogens is 1. The molecule has 0 saturated heterocycles. The molecule has 198 valence electrons. The van der Waals surface area contributed by atoms with Crippen LogP contribution in [-0.4, -0.2) is 34.2 Å². The van der Waals surface area contributed by atoms with Gasteiger partial charge in [-0.25, -0.2) is 0 Å². The van der Waals surface area contributed by atoms with Crippen LogP contribution in [0.5, 0.6) is 0 Å². The van der Waals surface area contributed by atoms with Crippen molar-refractivity contribution in [1.82, 2.24) is 15.6 Å². The van der Waals surface area contributed by atoms with E-state index < -0.39 is 0 Å². The lowest BCUT2D eigenvalue weighted by molar-refractivity contribution is 0.0950. The molecule has 5 N–H and O–H groups in total. The van der Waals surface area contributed by atoms with Gasteiger partial charge in [-0.15, -0.1) is 0 Å². The first-order chi connectivity index (χ1) is 17.4. The van der Waals surface area contributed by atoms with Crippen LogP contribution in [0, 0.1) is 19.3 Å². The average Bonchev–Trinajstić information content (AvgIpc) is 3.28. The fourth-order valence-electron chi connectivity index (χ4n) is 6.06. The van der Waals surface area contributed by atoms with Gasteiger partial charge in [0.05, 0.1) is 5.56 Å². The highest BCUT2D eigenvalue weighted by atomic mass is 16.1. The van der Waals surface area contributed by atoms with Gasteiger partial charge < -0.3 is 26.3 Å². The third kappa shape index (κ3) is 6.21. The molecule has 0 unspecified atom stereocenters. The minimum absolute atomic E-state index is 0.0980. The summed E-state index contributed by atoms with van der Waals surface area (Å²) in [7, 11) is 0. The molecule has 2 aromatic rings. The van der Waals surface area contributed by atoms with Crippen molar-refractivity contribution in [3.8, 4) is 0 Å². The molecule has 0 bridgehead atoms. The van der Waals surface area contributed by atoms with E-state index in [1.165, 1.54) is 24.6 Å². The molecule has 1 aromatic carbocycles. The van der Waals surface area contributed by atoms with Crippen LogP contribution in [0.4, 0.5) is 5.69 Å².